The minimum Gasteiger partial charge on any atom is -0.378 e. The van der Waals surface area contributed by atoms with Crippen molar-refractivity contribution in [1.82, 2.24) is 15.8 Å². The zero-order valence-electron chi connectivity index (χ0n) is 16.6. The second kappa shape index (κ2) is 9.89. The van der Waals surface area contributed by atoms with Gasteiger partial charge >= 0.3 is 0 Å². The number of hydrogen-bond donors (Lipinski definition) is 2. The fourth-order valence-corrected chi connectivity index (χ4v) is 3.54. The molecule has 30 heavy (non-hydrogen) atoms. The van der Waals surface area contributed by atoms with Crippen molar-refractivity contribution in [2.45, 2.75) is 10.8 Å². The lowest BCUT2D eigenvalue weighted by molar-refractivity contribution is 0.0844. The first kappa shape index (κ1) is 21.3. The molecule has 0 bridgehead atoms. The number of nitrogens with zero attached hydrogens (tertiary/aromatic N) is 2. The third-order valence-electron chi connectivity index (χ3n) is 4.22. The van der Waals surface area contributed by atoms with E-state index in [1.807, 2.05) is 25.1 Å². The van der Waals surface area contributed by atoms with Gasteiger partial charge in [0.05, 0.1) is 5.56 Å². The number of hydrogen-bond acceptors (Lipinski definition) is 5. The normalized spacial score (nSPS) is 10.4. The Morgan fingerprint density at radius 3 is 2.47 bits per heavy atom. The topological polar surface area (TPSA) is 74.3 Å². The molecule has 0 fully saturated rings. The maximum atomic E-state index is 13.0. The Balaban J connectivity index is 1.63. The van der Waals surface area contributed by atoms with Crippen LogP contribution in [0.25, 0.3) is 0 Å². The van der Waals surface area contributed by atoms with Gasteiger partial charge in [0.15, 0.2) is 0 Å². The molecule has 1 heterocycles. The highest BCUT2D eigenvalue weighted by molar-refractivity contribution is 7.98. The van der Waals surface area contributed by atoms with E-state index in [1.165, 1.54) is 23.9 Å². The van der Waals surface area contributed by atoms with Crippen LogP contribution < -0.4 is 15.8 Å². The van der Waals surface area contributed by atoms with Crippen LogP contribution in [0.4, 0.5) is 10.1 Å². The Morgan fingerprint density at radius 2 is 1.73 bits per heavy atom. The molecule has 1 aromatic heterocycles. The summed E-state index contributed by atoms with van der Waals surface area (Å²) in [6, 6.07) is 16.5. The van der Waals surface area contributed by atoms with Gasteiger partial charge in [-0.2, -0.15) is 0 Å². The summed E-state index contributed by atoms with van der Waals surface area (Å²) < 4.78 is 13.0. The average molecular weight is 425 g/mol. The predicted molar refractivity (Wildman–Crippen MR) is 116 cm³/mol. The Hall–Kier alpha value is -3.39. The van der Waals surface area contributed by atoms with E-state index in [9.17, 15) is 14.0 Å². The van der Waals surface area contributed by atoms with Gasteiger partial charge in [-0.15, -0.1) is 11.8 Å². The van der Waals surface area contributed by atoms with Gasteiger partial charge in [-0.1, -0.05) is 18.2 Å². The van der Waals surface area contributed by atoms with Crippen molar-refractivity contribution >= 4 is 29.3 Å². The average Bonchev–Trinajstić information content (AvgIpc) is 2.77. The summed E-state index contributed by atoms with van der Waals surface area (Å²) >= 11 is 1.36. The second-order valence-electron chi connectivity index (χ2n) is 6.62. The molecular weight excluding hydrogens is 403 g/mol. The summed E-state index contributed by atoms with van der Waals surface area (Å²) in [4.78, 5) is 31.1. The summed E-state index contributed by atoms with van der Waals surface area (Å²) in [5.74, 6) is -0.659. The molecule has 8 heteroatoms. The minimum absolute atomic E-state index is 0.298. The predicted octanol–water partition coefficient (Wildman–Crippen LogP) is 3.65. The van der Waals surface area contributed by atoms with Crippen molar-refractivity contribution in [3.8, 4) is 0 Å². The molecule has 0 saturated heterocycles. The molecule has 6 nitrogen and oxygen atoms in total. The van der Waals surface area contributed by atoms with Crippen LogP contribution in [-0.4, -0.2) is 30.9 Å². The van der Waals surface area contributed by atoms with Gasteiger partial charge in [0.25, 0.3) is 11.8 Å². The molecule has 0 aliphatic rings. The van der Waals surface area contributed by atoms with Crippen molar-refractivity contribution in [2.75, 3.05) is 19.0 Å². The minimum atomic E-state index is -0.471. The molecule has 2 N–H and O–H groups in total. The van der Waals surface area contributed by atoms with Crippen LogP contribution >= 0.6 is 11.8 Å². The van der Waals surface area contributed by atoms with E-state index < -0.39 is 11.8 Å². The Labute approximate surface area is 178 Å². The van der Waals surface area contributed by atoms with Crippen molar-refractivity contribution < 1.29 is 14.0 Å². The van der Waals surface area contributed by atoms with E-state index in [-0.39, 0.29) is 5.82 Å². The lowest BCUT2D eigenvalue weighted by atomic mass is 10.2. The number of amides is 2. The molecule has 0 atom stereocenters. The highest BCUT2D eigenvalue weighted by atomic mass is 32.2. The fraction of sp³-hybridized carbons (Fsp3) is 0.136. The molecule has 3 rings (SSSR count). The number of carbonyl (C=O) groups excluding carboxylic acids is 2. The summed E-state index contributed by atoms with van der Waals surface area (Å²) in [6.45, 7) is 0. The Bertz CT molecular complexity index is 1040. The lowest BCUT2D eigenvalue weighted by Crippen LogP contribution is -2.41. The molecule has 0 saturated carbocycles. The second-order valence-corrected chi connectivity index (χ2v) is 7.59. The van der Waals surface area contributed by atoms with Crippen molar-refractivity contribution in [3.05, 3.63) is 89.4 Å². The van der Waals surface area contributed by atoms with E-state index in [2.05, 4.69) is 15.8 Å². The third kappa shape index (κ3) is 5.57. The SMILES string of the molecule is CN(C)c1cccc(C(=O)NNC(=O)c2cccnc2SCc2ccc(F)cc2)c1. The standard InChI is InChI=1S/C22H21FN4O2S/c1-27(2)18-6-3-5-16(13-18)20(28)25-26-21(29)19-7-4-12-24-22(19)30-14-15-8-10-17(23)11-9-15/h3-13H,14H2,1-2H3,(H,25,28)(H,26,29). The van der Waals surface area contributed by atoms with E-state index >= 15 is 0 Å². The molecule has 0 aliphatic carbocycles. The Kier molecular flexibility index (Phi) is 7.03. The summed E-state index contributed by atoms with van der Waals surface area (Å²) in [6.07, 6.45) is 1.59. The highest BCUT2D eigenvalue weighted by Gasteiger charge is 2.15. The Morgan fingerprint density at radius 1 is 1.00 bits per heavy atom. The fourth-order valence-electron chi connectivity index (χ4n) is 2.59. The molecule has 0 radical (unpaired) electrons. The van der Waals surface area contributed by atoms with Gasteiger partial charge in [-0.05, 0) is 48.0 Å². The van der Waals surface area contributed by atoms with Crippen molar-refractivity contribution in [2.24, 2.45) is 0 Å². The zero-order chi connectivity index (χ0) is 21.5. The van der Waals surface area contributed by atoms with Crippen LogP contribution in [0.1, 0.15) is 26.3 Å². The van der Waals surface area contributed by atoms with Crippen LogP contribution in [0.5, 0.6) is 0 Å². The number of benzene rings is 2. The van der Waals surface area contributed by atoms with Crippen molar-refractivity contribution in [3.63, 3.8) is 0 Å². The molecule has 2 amide bonds. The molecule has 154 valence electrons. The van der Waals surface area contributed by atoms with Gasteiger partial charge in [0.2, 0.25) is 0 Å². The third-order valence-corrected chi connectivity index (χ3v) is 5.30. The number of aromatic nitrogens is 1. The van der Waals surface area contributed by atoms with E-state index in [0.717, 1.165) is 11.3 Å². The number of thioether (sulfide) groups is 1. The molecular formula is C22H21FN4O2S. The van der Waals surface area contributed by atoms with Gasteiger partial charge in [-0.3, -0.25) is 20.4 Å². The molecule has 0 unspecified atom stereocenters. The molecule has 0 aliphatic heterocycles. The van der Waals surface area contributed by atoms with E-state index in [4.69, 9.17) is 0 Å². The van der Waals surface area contributed by atoms with Gasteiger partial charge in [0, 0.05) is 37.3 Å². The summed E-state index contributed by atoms with van der Waals surface area (Å²) in [5.41, 5.74) is 7.43. The van der Waals surface area contributed by atoms with E-state index in [0.29, 0.717) is 21.9 Å². The number of nitrogens with one attached hydrogen (secondary N) is 2. The van der Waals surface area contributed by atoms with Gasteiger partial charge in [-0.25, -0.2) is 9.37 Å². The number of halogens is 1. The molecule has 0 spiro atoms. The first-order valence-electron chi connectivity index (χ1n) is 9.14. The number of rotatable bonds is 6. The molecule has 3 aromatic rings. The largest absolute Gasteiger partial charge is 0.378 e. The number of pyridine rings is 1. The first-order valence-corrected chi connectivity index (χ1v) is 10.1. The number of carbonyl (C=O) groups is 2. The van der Waals surface area contributed by atoms with E-state index in [1.54, 1.807) is 48.7 Å². The summed E-state index contributed by atoms with van der Waals surface area (Å²) in [5, 5.41) is 0.517. The molecule has 2 aromatic carbocycles. The number of hydrazine groups is 1. The first-order chi connectivity index (χ1) is 14.4. The quantitative estimate of drug-likeness (QED) is 0.467. The maximum Gasteiger partial charge on any atom is 0.272 e. The lowest BCUT2D eigenvalue weighted by Gasteiger charge is -2.14. The van der Waals surface area contributed by atoms with Crippen LogP contribution in [-0.2, 0) is 5.75 Å². The van der Waals surface area contributed by atoms with Crippen LogP contribution in [0.15, 0.2) is 71.9 Å². The van der Waals surface area contributed by atoms with Gasteiger partial charge in [0.1, 0.15) is 10.8 Å². The van der Waals surface area contributed by atoms with Crippen molar-refractivity contribution in [1.29, 1.82) is 0 Å². The maximum absolute atomic E-state index is 13.0. The van der Waals surface area contributed by atoms with Crippen LogP contribution in [0, 0.1) is 5.82 Å². The van der Waals surface area contributed by atoms with Gasteiger partial charge < -0.3 is 4.90 Å². The van der Waals surface area contributed by atoms with Crippen LogP contribution in [0.3, 0.4) is 0 Å². The summed E-state index contributed by atoms with van der Waals surface area (Å²) in [7, 11) is 3.76. The van der Waals surface area contributed by atoms with Crippen LogP contribution in [0.2, 0.25) is 0 Å². The zero-order valence-corrected chi connectivity index (χ0v) is 17.4. The number of anilines is 1. The monoisotopic (exact) mass is 424 g/mol. The highest BCUT2D eigenvalue weighted by Crippen LogP contribution is 2.24. The smallest absolute Gasteiger partial charge is 0.272 e.